The van der Waals surface area contributed by atoms with Gasteiger partial charge in [-0.2, -0.15) is 0 Å². The maximum absolute atomic E-state index is 4.75. The maximum Gasteiger partial charge on any atom is 0.133 e. The van der Waals surface area contributed by atoms with E-state index >= 15 is 0 Å². The van der Waals surface area contributed by atoms with E-state index in [4.69, 9.17) is 4.98 Å². The average molecular weight is 283 g/mol. The third-order valence-corrected chi connectivity index (χ3v) is 3.74. The summed E-state index contributed by atoms with van der Waals surface area (Å²) in [7, 11) is 4.05. The minimum Gasteiger partial charge on any atom is -0.329 e. The molecule has 21 heavy (non-hydrogen) atoms. The highest BCUT2D eigenvalue weighted by Gasteiger charge is 2.08. The lowest BCUT2D eigenvalue weighted by Gasteiger charge is -2.20. The van der Waals surface area contributed by atoms with Crippen LogP contribution in [0.15, 0.2) is 36.4 Å². The smallest absolute Gasteiger partial charge is 0.133 e. The highest BCUT2D eigenvalue weighted by molar-refractivity contribution is 5.60. The molecular formula is C18H25N3. The number of rotatable bonds is 6. The second-order valence-corrected chi connectivity index (χ2v) is 5.29. The summed E-state index contributed by atoms with van der Waals surface area (Å²) in [5, 5.41) is 3.21. The Balaban J connectivity index is 2.31. The van der Waals surface area contributed by atoms with Crippen molar-refractivity contribution in [1.82, 2.24) is 10.3 Å². The first-order chi connectivity index (χ1) is 10.2. The van der Waals surface area contributed by atoms with Crippen LogP contribution in [0, 0.1) is 0 Å². The molecule has 0 atom stereocenters. The molecule has 0 aliphatic carbocycles. The van der Waals surface area contributed by atoms with Gasteiger partial charge in [-0.25, -0.2) is 4.98 Å². The van der Waals surface area contributed by atoms with Crippen LogP contribution in [0.3, 0.4) is 0 Å². The number of benzene rings is 1. The number of nitrogens with one attached hydrogen (secondary N) is 1. The van der Waals surface area contributed by atoms with Gasteiger partial charge in [0.1, 0.15) is 5.82 Å². The quantitative estimate of drug-likeness (QED) is 0.876. The molecule has 3 heteroatoms. The summed E-state index contributed by atoms with van der Waals surface area (Å²) >= 11 is 0. The number of nitrogens with zero attached hydrogens (tertiary/aromatic N) is 2. The van der Waals surface area contributed by atoms with Gasteiger partial charge in [0.2, 0.25) is 0 Å². The highest BCUT2D eigenvalue weighted by Crippen LogP contribution is 2.24. The van der Waals surface area contributed by atoms with Gasteiger partial charge in [0.25, 0.3) is 0 Å². The first-order valence-electron chi connectivity index (χ1n) is 7.65. The number of hydrogen-bond acceptors (Lipinski definition) is 3. The molecule has 0 spiro atoms. The SMILES string of the molecule is CCc1ccc(N(C)c2cc(CNC)cc(CC)n2)cc1. The van der Waals surface area contributed by atoms with Gasteiger partial charge in [0.15, 0.2) is 0 Å². The molecule has 1 aromatic heterocycles. The molecule has 0 radical (unpaired) electrons. The monoisotopic (exact) mass is 283 g/mol. The number of aromatic nitrogens is 1. The molecule has 0 amide bonds. The topological polar surface area (TPSA) is 28.2 Å². The lowest BCUT2D eigenvalue weighted by molar-refractivity contribution is 0.811. The maximum atomic E-state index is 4.75. The van der Waals surface area contributed by atoms with Crippen LogP contribution < -0.4 is 10.2 Å². The van der Waals surface area contributed by atoms with Gasteiger partial charge < -0.3 is 10.2 Å². The lowest BCUT2D eigenvalue weighted by Crippen LogP contribution is -2.14. The van der Waals surface area contributed by atoms with E-state index < -0.39 is 0 Å². The van der Waals surface area contributed by atoms with Crippen LogP contribution in [0.1, 0.15) is 30.7 Å². The highest BCUT2D eigenvalue weighted by atomic mass is 15.2. The Bertz CT molecular complexity index is 576. The molecule has 0 bridgehead atoms. The van der Waals surface area contributed by atoms with Crippen LogP contribution in [-0.4, -0.2) is 19.1 Å². The van der Waals surface area contributed by atoms with Crippen LogP contribution in [0.5, 0.6) is 0 Å². The second-order valence-electron chi connectivity index (χ2n) is 5.29. The number of pyridine rings is 1. The Morgan fingerprint density at radius 1 is 1.00 bits per heavy atom. The van der Waals surface area contributed by atoms with Crippen molar-refractivity contribution in [2.45, 2.75) is 33.2 Å². The van der Waals surface area contributed by atoms with E-state index in [1.807, 2.05) is 7.05 Å². The third kappa shape index (κ3) is 3.82. The van der Waals surface area contributed by atoms with Crippen molar-refractivity contribution < 1.29 is 0 Å². The van der Waals surface area contributed by atoms with Gasteiger partial charge in [0, 0.05) is 25.0 Å². The van der Waals surface area contributed by atoms with Crippen LogP contribution in [0.2, 0.25) is 0 Å². The van der Waals surface area contributed by atoms with E-state index in [2.05, 4.69) is 67.5 Å². The third-order valence-electron chi connectivity index (χ3n) is 3.74. The number of hydrogen-bond donors (Lipinski definition) is 1. The molecule has 1 aromatic carbocycles. The Labute approximate surface area is 128 Å². The first-order valence-corrected chi connectivity index (χ1v) is 7.65. The Morgan fingerprint density at radius 2 is 1.71 bits per heavy atom. The fourth-order valence-corrected chi connectivity index (χ4v) is 2.38. The Morgan fingerprint density at radius 3 is 2.29 bits per heavy atom. The molecule has 1 N–H and O–H groups in total. The molecule has 0 saturated heterocycles. The van der Waals surface area contributed by atoms with Crippen molar-refractivity contribution in [3.8, 4) is 0 Å². The second kappa shape index (κ2) is 7.23. The van der Waals surface area contributed by atoms with E-state index in [-0.39, 0.29) is 0 Å². The molecule has 0 aliphatic heterocycles. The average Bonchev–Trinajstić information content (AvgIpc) is 2.54. The molecular weight excluding hydrogens is 258 g/mol. The molecule has 3 nitrogen and oxygen atoms in total. The summed E-state index contributed by atoms with van der Waals surface area (Å²) < 4.78 is 0. The zero-order valence-corrected chi connectivity index (χ0v) is 13.5. The predicted molar refractivity (Wildman–Crippen MR) is 90.3 cm³/mol. The Kier molecular flexibility index (Phi) is 5.34. The standard InChI is InChI=1S/C18H25N3/c1-5-14-7-9-17(10-8-14)21(4)18-12-15(13-19-3)11-16(6-2)20-18/h7-12,19H,5-6,13H2,1-4H3. The van der Waals surface area contributed by atoms with E-state index in [1.165, 1.54) is 16.8 Å². The van der Waals surface area contributed by atoms with E-state index in [0.29, 0.717) is 0 Å². The van der Waals surface area contributed by atoms with Crippen molar-refractivity contribution >= 4 is 11.5 Å². The normalized spacial score (nSPS) is 10.7. The summed E-state index contributed by atoms with van der Waals surface area (Å²) in [6.45, 7) is 5.19. The van der Waals surface area contributed by atoms with E-state index in [1.54, 1.807) is 0 Å². The van der Waals surface area contributed by atoms with Crippen molar-refractivity contribution in [2.75, 3.05) is 19.0 Å². The van der Waals surface area contributed by atoms with Crippen LogP contribution in [0.4, 0.5) is 11.5 Å². The zero-order valence-electron chi connectivity index (χ0n) is 13.5. The van der Waals surface area contributed by atoms with Gasteiger partial charge in [0.05, 0.1) is 0 Å². The van der Waals surface area contributed by atoms with Crippen molar-refractivity contribution in [2.24, 2.45) is 0 Å². The van der Waals surface area contributed by atoms with Crippen LogP contribution in [-0.2, 0) is 19.4 Å². The molecule has 112 valence electrons. The van der Waals surface area contributed by atoms with Gasteiger partial charge in [-0.15, -0.1) is 0 Å². The minimum absolute atomic E-state index is 0.866. The van der Waals surface area contributed by atoms with Gasteiger partial charge in [-0.3, -0.25) is 0 Å². The largest absolute Gasteiger partial charge is 0.329 e. The molecule has 0 saturated carbocycles. The summed E-state index contributed by atoms with van der Waals surface area (Å²) in [6.07, 6.45) is 2.02. The number of anilines is 2. The summed E-state index contributed by atoms with van der Waals surface area (Å²) in [6, 6.07) is 13.0. The van der Waals surface area contributed by atoms with Gasteiger partial charge in [-0.05, 0) is 55.3 Å². The molecule has 2 aromatic rings. The lowest BCUT2D eigenvalue weighted by atomic mass is 10.1. The van der Waals surface area contributed by atoms with Crippen LogP contribution >= 0.6 is 0 Å². The molecule has 0 unspecified atom stereocenters. The van der Waals surface area contributed by atoms with Crippen LogP contribution in [0.25, 0.3) is 0 Å². The zero-order chi connectivity index (χ0) is 15.2. The fraction of sp³-hybridized carbons (Fsp3) is 0.389. The molecule has 2 rings (SSSR count). The Hall–Kier alpha value is -1.87. The van der Waals surface area contributed by atoms with Crippen molar-refractivity contribution in [1.29, 1.82) is 0 Å². The molecule has 0 aliphatic rings. The summed E-state index contributed by atoms with van der Waals surface area (Å²) in [5.74, 6) is 1.00. The van der Waals surface area contributed by atoms with Gasteiger partial charge in [-0.1, -0.05) is 26.0 Å². The van der Waals surface area contributed by atoms with Crippen molar-refractivity contribution in [3.05, 3.63) is 53.2 Å². The van der Waals surface area contributed by atoms with E-state index in [9.17, 15) is 0 Å². The first kappa shape index (κ1) is 15.5. The minimum atomic E-state index is 0.866. The summed E-state index contributed by atoms with van der Waals surface area (Å²) in [5.41, 5.74) is 4.94. The molecule has 0 fully saturated rings. The fourth-order valence-electron chi connectivity index (χ4n) is 2.38. The van der Waals surface area contributed by atoms with Crippen molar-refractivity contribution in [3.63, 3.8) is 0 Å². The summed E-state index contributed by atoms with van der Waals surface area (Å²) in [4.78, 5) is 6.90. The number of aryl methyl sites for hydroxylation is 2. The molecule has 1 heterocycles. The van der Waals surface area contributed by atoms with Gasteiger partial charge >= 0.3 is 0 Å². The van der Waals surface area contributed by atoms with E-state index in [0.717, 1.165) is 30.9 Å². The predicted octanol–water partition coefficient (Wildman–Crippen LogP) is 3.69.